The minimum Gasteiger partial charge on any atom is -0.393 e. The predicted molar refractivity (Wildman–Crippen MR) is 64.6 cm³/mol. The molecule has 3 saturated heterocycles. The van der Waals surface area contributed by atoms with Crippen LogP contribution in [0.2, 0.25) is 0 Å². The third kappa shape index (κ3) is 2.00. The number of carbonyl (C=O) groups is 2. The van der Waals surface area contributed by atoms with Crippen LogP contribution < -0.4 is 5.32 Å². The normalized spacial score (nSPS) is 39.6. The molecular formula is C13H20N2O3. The van der Waals surface area contributed by atoms with Crippen LogP contribution in [-0.2, 0) is 9.59 Å². The average Bonchev–Trinajstić information content (AvgIpc) is 2.62. The van der Waals surface area contributed by atoms with Gasteiger partial charge < -0.3 is 15.3 Å². The molecule has 0 spiro atoms. The van der Waals surface area contributed by atoms with Crippen molar-refractivity contribution in [3.05, 3.63) is 0 Å². The average molecular weight is 252 g/mol. The first-order chi connectivity index (χ1) is 8.65. The third-order valence-corrected chi connectivity index (χ3v) is 4.58. The van der Waals surface area contributed by atoms with Crippen LogP contribution >= 0.6 is 0 Å². The summed E-state index contributed by atoms with van der Waals surface area (Å²) in [5.74, 6) is 0.187. The number of rotatable bonds is 1. The Labute approximate surface area is 107 Å². The van der Waals surface area contributed by atoms with Crippen molar-refractivity contribution < 1.29 is 14.7 Å². The molecule has 0 saturated carbocycles. The van der Waals surface area contributed by atoms with Gasteiger partial charge in [0.15, 0.2) is 0 Å². The number of piperidine rings is 2. The maximum absolute atomic E-state index is 12.5. The molecule has 2 N–H and O–H groups in total. The van der Waals surface area contributed by atoms with Crippen LogP contribution in [0.25, 0.3) is 0 Å². The van der Waals surface area contributed by atoms with Gasteiger partial charge in [0.25, 0.3) is 0 Å². The molecule has 3 unspecified atom stereocenters. The summed E-state index contributed by atoms with van der Waals surface area (Å²) in [6.45, 7) is 0.482. The lowest BCUT2D eigenvalue weighted by Gasteiger charge is -2.39. The van der Waals surface area contributed by atoms with Crippen molar-refractivity contribution in [2.75, 3.05) is 6.54 Å². The molecule has 0 aliphatic carbocycles. The first kappa shape index (κ1) is 12.0. The summed E-state index contributed by atoms with van der Waals surface area (Å²) in [5.41, 5.74) is 0. The summed E-state index contributed by atoms with van der Waals surface area (Å²) in [5, 5.41) is 12.5. The quantitative estimate of drug-likeness (QED) is 0.691. The topological polar surface area (TPSA) is 69.6 Å². The van der Waals surface area contributed by atoms with Crippen LogP contribution in [0.4, 0.5) is 0 Å². The Hall–Kier alpha value is -1.10. The molecule has 0 aromatic heterocycles. The SMILES string of the molecule is O=C1CCC(C(=O)N2C3CCC2CC(O)C3)CN1. The monoisotopic (exact) mass is 252 g/mol. The van der Waals surface area contributed by atoms with Crippen molar-refractivity contribution >= 4 is 11.8 Å². The van der Waals surface area contributed by atoms with E-state index in [0.29, 0.717) is 19.4 Å². The fourth-order valence-electron chi connectivity index (χ4n) is 3.66. The Balaban J connectivity index is 1.68. The predicted octanol–water partition coefficient (Wildman–Crippen LogP) is 0.0269. The zero-order valence-electron chi connectivity index (χ0n) is 10.5. The molecule has 0 radical (unpaired) electrons. The fourth-order valence-corrected chi connectivity index (χ4v) is 3.66. The van der Waals surface area contributed by atoms with Gasteiger partial charge in [-0.1, -0.05) is 0 Å². The molecule has 3 aliphatic rings. The molecule has 3 fully saturated rings. The Morgan fingerprint density at radius 1 is 1.22 bits per heavy atom. The van der Waals surface area contributed by atoms with E-state index in [2.05, 4.69) is 5.32 Å². The van der Waals surface area contributed by atoms with Crippen LogP contribution in [0.3, 0.4) is 0 Å². The molecule has 2 bridgehead atoms. The van der Waals surface area contributed by atoms with Gasteiger partial charge in [0.05, 0.1) is 12.0 Å². The largest absolute Gasteiger partial charge is 0.393 e. The van der Waals surface area contributed by atoms with Gasteiger partial charge in [0.1, 0.15) is 0 Å². The highest BCUT2D eigenvalue weighted by Crippen LogP contribution is 2.37. The van der Waals surface area contributed by atoms with Gasteiger partial charge in [-0.3, -0.25) is 9.59 Å². The second kappa shape index (κ2) is 4.53. The Kier molecular flexibility index (Phi) is 3.01. The highest BCUT2D eigenvalue weighted by Gasteiger charge is 2.44. The summed E-state index contributed by atoms with van der Waals surface area (Å²) >= 11 is 0. The molecule has 5 heteroatoms. The molecule has 5 nitrogen and oxygen atoms in total. The fraction of sp³-hybridized carbons (Fsp3) is 0.846. The molecule has 3 rings (SSSR count). The van der Waals surface area contributed by atoms with Gasteiger partial charge in [-0.05, 0) is 32.1 Å². The number of hydrogen-bond acceptors (Lipinski definition) is 3. The van der Waals surface area contributed by atoms with E-state index >= 15 is 0 Å². The number of nitrogens with zero attached hydrogens (tertiary/aromatic N) is 1. The van der Waals surface area contributed by atoms with E-state index in [1.165, 1.54) is 0 Å². The molecule has 3 heterocycles. The maximum Gasteiger partial charge on any atom is 0.227 e. The number of amides is 2. The first-order valence-electron chi connectivity index (χ1n) is 6.92. The van der Waals surface area contributed by atoms with E-state index in [9.17, 15) is 14.7 Å². The standard InChI is InChI=1S/C13H20N2O3/c16-11-5-9-2-3-10(6-11)15(9)13(18)8-1-4-12(17)14-7-8/h8-11,16H,1-7H2,(H,14,17). The number of aliphatic hydroxyl groups excluding tert-OH is 1. The molecule has 3 atom stereocenters. The van der Waals surface area contributed by atoms with Gasteiger partial charge in [-0.25, -0.2) is 0 Å². The number of fused-ring (bicyclic) bond motifs is 2. The van der Waals surface area contributed by atoms with E-state index in [1.54, 1.807) is 0 Å². The van der Waals surface area contributed by atoms with Crippen LogP contribution in [0, 0.1) is 5.92 Å². The first-order valence-corrected chi connectivity index (χ1v) is 6.92. The van der Waals surface area contributed by atoms with Crippen molar-refractivity contribution in [2.45, 2.75) is 56.7 Å². The minimum atomic E-state index is -0.238. The van der Waals surface area contributed by atoms with Crippen LogP contribution in [0.1, 0.15) is 38.5 Å². The van der Waals surface area contributed by atoms with Gasteiger partial charge in [-0.15, -0.1) is 0 Å². The zero-order valence-corrected chi connectivity index (χ0v) is 10.5. The molecular weight excluding hydrogens is 232 g/mol. The van der Waals surface area contributed by atoms with E-state index in [1.807, 2.05) is 4.90 Å². The van der Waals surface area contributed by atoms with Gasteiger partial charge in [-0.2, -0.15) is 0 Å². The van der Waals surface area contributed by atoms with E-state index in [4.69, 9.17) is 0 Å². The van der Waals surface area contributed by atoms with Crippen molar-refractivity contribution in [2.24, 2.45) is 5.92 Å². The van der Waals surface area contributed by atoms with E-state index in [-0.39, 0.29) is 35.9 Å². The van der Waals surface area contributed by atoms with Gasteiger partial charge in [0, 0.05) is 25.0 Å². The van der Waals surface area contributed by atoms with Crippen LogP contribution in [0.5, 0.6) is 0 Å². The zero-order chi connectivity index (χ0) is 12.7. The second-order valence-corrected chi connectivity index (χ2v) is 5.80. The summed E-state index contributed by atoms with van der Waals surface area (Å²) in [6, 6.07) is 0.452. The lowest BCUT2D eigenvalue weighted by Crippen LogP contribution is -2.52. The molecule has 0 aromatic carbocycles. The van der Waals surface area contributed by atoms with Crippen LogP contribution in [-0.4, -0.2) is 46.6 Å². The molecule has 0 aromatic rings. The highest BCUT2D eigenvalue weighted by atomic mass is 16.3. The Morgan fingerprint density at radius 3 is 2.44 bits per heavy atom. The summed E-state index contributed by atoms with van der Waals surface area (Å²) in [6.07, 6.45) is 4.38. The molecule has 2 amide bonds. The lowest BCUT2D eigenvalue weighted by atomic mass is 9.93. The highest BCUT2D eigenvalue weighted by molar-refractivity contribution is 5.84. The molecule has 18 heavy (non-hydrogen) atoms. The number of hydrogen-bond donors (Lipinski definition) is 2. The summed E-state index contributed by atoms with van der Waals surface area (Å²) < 4.78 is 0. The Morgan fingerprint density at radius 2 is 1.89 bits per heavy atom. The van der Waals surface area contributed by atoms with Crippen molar-refractivity contribution in [1.29, 1.82) is 0 Å². The third-order valence-electron chi connectivity index (χ3n) is 4.58. The molecule has 100 valence electrons. The van der Waals surface area contributed by atoms with Crippen molar-refractivity contribution in [1.82, 2.24) is 10.2 Å². The number of nitrogens with one attached hydrogen (secondary N) is 1. The summed E-state index contributed by atoms with van der Waals surface area (Å²) in [4.78, 5) is 25.7. The number of carbonyl (C=O) groups excluding carboxylic acids is 2. The molecule has 3 aliphatic heterocycles. The van der Waals surface area contributed by atoms with Gasteiger partial charge >= 0.3 is 0 Å². The van der Waals surface area contributed by atoms with E-state index in [0.717, 1.165) is 25.7 Å². The van der Waals surface area contributed by atoms with Crippen LogP contribution in [0.15, 0.2) is 0 Å². The number of aliphatic hydroxyl groups is 1. The smallest absolute Gasteiger partial charge is 0.227 e. The Bertz CT molecular complexity index is 347. The van der Waals surface area contributed by atoms with Crippen molar-refractivity contribution in [3.63, 3.8) is 0 Å². The second-order valence-electron chi connectivity index (χ2n) is 5.80. The lowest BCUT2D eigenvalue weighted by molar-refractivity contribution is -0.143. The minimum absolute atomic E-state index is 0.0519. The van der Waals surface area contributed by atoms with E-state index < -0.39 is 0 Å². The summed E-state index contributed by atoms with van der Waals surface area (Å²) in [7, 11) is 0. The van der Waals surface area contributed by atoms with Crippen molar-refractivity contribution in [3.8, 4) is 0 Å². The van der Waals surface area contributed by atoms with Gasteiger partial charge in [0.2, 0.25) is 11.8 Å². The maximum atomic E-state index is 12.5.